The molecule has 1 amide bonds. The van der Waals surface area contributed by atoms with Crippen LogP contribution in [0.5, 0.6) is 0 Å². The summed E-state index contributed by atoms with van der Waals surface area (Å²) in [6.07, 6.45) is 5.40. The van der Waals surface area contributed by atoms with Crippen LogP contribution < -0.4 is 10.0 Å². The lowest BCUT2D eigenvalue weighted by Gasteiger charge is -2.08. The fourth-order valence-electron chi connectivity index (χ4n) is 3.13. The second-order valence-electron chi connectivity index (χ2n) is 6.58. The van der Waals surface area contributed by atoms with Crippen molar-refractivity contribution in [1.82, 2.24) is 14.3 Å². The first-order valence-electron chi connectivity index (χ1n) is 9.21. The highest BCUT2D eigenvalue weighted by Crippen LogP contribution is 2.20. The molecular formula is C20H24N4O3S. The average molecular weight is 401 g/mol. The van der Waals surface area contributed by atoms with Crippen LogP contribution in [-0.2, 0) is 27.8 Å². The number of carbonyl (C=O) groups excluding carboxylic acids is 1. The van der Waals surface area contributed by atoms with Gasteiger partial charge < -0.3 is 9.88 Å². The van der Waals surface area contributed by atoms with E-state index in [1.165, 1.54) is 19.1 Å². The summed E-state index contributed by atoms with van der Waals surface area (Å²) in [5.41, 5.74) is 2.55. The molecule has 148 valence electrons. The molecule has 8 heteroatoms. The lowest BCUT2D eigenvalue weighted by molar-refractivity contribution is -0.114. The molecule has 2 N–H and O–H groups in total. The Morgan fingerprint density at radius 1 is 1.18 bits per heavy atom. The third kappa shape index (κ3) is 4.58. The van der Waals surface area contributed by atoms with E-state index in [1.54, 1.807) is 18.3 Å². The van der Waals surface area contributed by atoms with Crippen LogP contribution in [0.3, 0.4) is 0 Å². The number of aromatic nitrogens is 2. The Hall–Kier alpha value is -2.71. The molecule has 0 fully saturated rings. The molecular weight excluding hydrogens is 376 g/mol. The van der Waals surface area contributed by atoms with Crippen LogP contribution >= 0.6 is 0 Å². The first-order valence-corrected chi connectivity index (χ1v) is 10.7. The van der Waals surface area contributed by atoms with Crippen LogP contribution in [0.2, 0.25) is 0 Å². The molecule has 2 aromatic heterocycles. The summed E-state index contributed by atoms with van der Waals surface area (Å²) in [6, 6.07) is 10.00. The molecule has 0 radical (unpaired) electrons. The smallest absolute Gasteiger partial charge is 0.240 e. The van der Waals surface area contributed by atoms with Gasteiger partial charge in [0, 0.05) is 43.5 Å². The minimum absolute atomic E-state index is 0.164. The molecule has 0 aliphatic carbocycles. The van der Waals surface area contributed by atoms with E-state index in [2.05, 4.69) is 32.7 Å². The predicted octanol–water partition coefficient (Wildman–Crippen LogP) is 2.93. The van der Waals surface area contributed by atoms with Gasteiger partial charge in [0.15, 0.2) is 0 Å². The molecule has 0 saturated heterocycles. The van der Waals surface area contributed by atoms with E-state index in [0.717, 1.165) is 29.6 Å². The van der Waals surface area contributed by atoms with Gasteiger partial charge in [-0.05, 0) is 54.8 Å². The number of pyridine rings is 1. The van der Waals surface area contributed by atoms with Gasteiger partial charge in [0.05, 0.1) is 4.90 Å². The number of amides is 1. The maximum Gasteiger partial charge on any atom is 0.240 e. The zero-order valence-electron chi connectivity index (χ0n) is 16.0. The van der Waals surface area contributed by atoms with Crippen molar-refractivity contribution in [2.45, 2.75) is 38.1 Å². The zero-order valence-corrected chi connectivity index (χ0v) is 16.8. The van der Waals surface area contributed by atoms with Crippen molar-refractivity contribution < 1.29 is 13.2 Å². The van der Waals surface area contributed by atoms with Gasteiger partial charge in [-0.1, -0.05) is 6.92 Å². The minimum Gasteiger partial charge on any atom is -0.332 e. The van der Waals surface area contributed by atoms with Crippen molar-refractivity contribution >= 4 is 32.7 Å². The highest BCUT2D eigenvalue weighted by molar-refractivity contribution is 7.89. The van der Waals surface area contributed by atoms with Crippen molar-refractivity contribution in [3.63, 3.8) is 0 Å². The monoisotopic (exact) mass is 400 g/mol. The topological polar surface area (TPSA) is 93.1 Å². The van der Waals surface area contributed by atoms with Crippen LogP contribution in [-0.4, -0.2) is 30.4 Å². The molecule has 0 aliphatic rings. The molecule has 3 aromatic rings. The van der Waals surface area contributed by atoms with Crippen LogP contribution in [0.15, 0.2) is 53.7 Å². The van der Waals surface area contributed by atoms with E-state index < -0.39 is 10.0 Å². The van der Waals surface area contributed by atoms with Crippen LogP contribution in [0.4, 0.5) is 5.69 Å². The normalized spacial score (nSPS) is 11.6. The van der Waals surface area contributed by atoms with Crippen molar-refractivity contribution in [1.29, 1.82) is 0 Å². The molecule has 28 heavy (non-hydrogen) atoms. The van der Waals surface area contributed by atoms with Gasteiger partial charge in [-0.15, -0.1) is 0 Å². The molecule has 3 rings (SSSR count). The van der Waals surface area contributed by atoms with Gasteiger partial charge in [0.25, 0.3) is 0 Å². The number of fused-ring (bicyclic) bond motifs is 1. The number of nitrogens with one attached hydrogen (secondary N) is 2. The number of hydrogen-bond donors (Lipinski definition) is 2. The molecule has 2 heterocycles. The number of nitrogens with zero attached hydrogens (tertiary/aromatic N) is 2. The van der Waals surface area contributed by atoms with Crippen molar-refractivity contribution in [3.05, 3.63) is 54.4 Å². The number of aryl methyl sites for hydroxylation is 1. The number of anilines is 1. The van der Waals surface area contributed by atoms with Gasteiger partial charge in [0.2, 0.25) is 15.9 Å². The lowest BCUT2D eigenvalue weighted by atomic mass is 10.2. The van der Waals surface area contributed by atoms with Crippen molar-refractivity contribution in [3.8, 4) is 0 Å². The fourth-order valence-corrected chi connectivity index (χ4v) is 4.16. The highest BCUT2D eigenvalue weighted by Gasteiger charge is 2.15. The molecule has 0 atom stereocenters. The Morgan fingerprint density at radius 3 is 2.61 bits per heavy atom. The predicted molar refractivity (Wildman–Crippen MR) is 110 cm³/mol. The molecule has 7 nitrogen and oxygen atoms in total. The van der Waals surface area contributed by atoms with Gasteiger partial charge in [-0.2, -0.15) is 0 Å². The third-order valence-electron chi connectivity index (χ3n) is 4.35. The van der Waals surface area contributed by atoms with Crippen LogP contribution in [0, 0.1) is 0 Å². The molecule has 0 saturated carbocycles. The Morgan fingerprint density at radius 2 is 1.93 bits per heavy atom. The highest BCUT2D eigenvalue weighted by atomic mass is 32.2. The number of rotatable bonds is 8. The Bertz CT molecular complexity index is 1070. The summed E-state index contributed by atoms with van der Waals surface area (Å²) in [4.78, 5) is 15.7. The van der Waals surface area contributed by atoms with E-state index in [9.17, 15) is 13.2 Å². The van der Waals surface area contributed by atoms with Crippen molar-refractivity contribution in [2.75, 3.05) is 11.9 Å². The summed E-state index contributed by atoms with van der Waals surface area (Å²) in [7, 11) is -3.62. The van der Waals surface area contributed by atoms with Crippen molar-refractivity contribution in [2.24, 2.45) is 0 Å². The third-order valence-corrected chi connectivity index (χ3v) is 5.83. The summed E-state index contributed by atoms with van der Waals surface area (Å²) in [5.74, 6) is -0.203. The number of hydrogen-bond acceptors (Lipinski definition) is 4. The summed E-state index contributed by atoms with van der Waals surface area (Å²) >= 11 is 0. The lowest BCUT2D eigenvalue weighted by Crippen LogP contribution is -2.26. The maximum absolute atomic E-state index is 12.5. The second kappa shape index (κ2) is 8.53. The first-order chi connectivity index (χ1) is 13.4. The number of sulfonamides is 1. The molecule has 0 aliphatic heterocycles. The molecule has 0 bridgehead atoms. The van der Waals surface area contributed by atoms with E-state index >= 15 is 0 Å². The average Bonchev–Trinajstić information content (AvgIpc) is 3.00. The van der Waals surface area contributed by atoms with Gasteiger partial charge >= 0.3 is 0 Å². The minimum atomic E-state index is -3.62. The summed E-state index contributed by atoms with van der Waals surface area (Å²) < 4.78 is 29.8. The SMILES string of the molecule is CCCn1cc(CCNS(=O)(=O)c2ccc(NC(C)=O)cc2)c2cccnc21. The zero-order chi connectivity index (χ0) is 20.1. The molecule has 1 aromatic carbocycles. The van der Waals surface area contributed by atoms with E-state index in [1.807, 2.05) is 12.1 Å². The van der Waals surface area contributed by atoms with Gasteiger partial charge in [0.1, 0.15) is 5.65 Å². The van der Waals surface area contributed by atoms with E-state index in [0.29, 0.717) is 12.1 Å². The van der Waals surface area contributed by atoms with Gasteiger partial charge in [-0.3, -0.25) is 4.79 Å². The first kappa shape index (κ1) is 20.0. The second-order valence-corrected chi connectivity index (χ2v) is 8.34. The van der Waals surface area contributed by atoms with E-state index in [4.69, 9.17) is 0 Å². The maximum atomic E-state index is 12.5. The van der Waals surface area contributed by atoms with Gasteiger partial charge in [-0.25, -0.2) is 18.1 Å². The fraction of sp³-hybridized carbons (Fsp3) is 0.300. The summed E-state index contributed by atoms with van der Waals surface area (Å²) in [5, 5.41) is 3.67. The number of benzene rings is 1. The van der Waals surface area contributed by atoms with Crippen LogP contribution in [0.1, 0.15) is 25.8 Å². The largest absolute Gasteiger partial charge is 0.332 e. The summed E-state index contributed by atoms with van der Waals surface area (Å²) in [6.45, 7) is 4.68. The van der Waals surface area contributed by atoms with Crippen LogP contribution in [0.25, 0.3) is 11.0 Å². The Balaban J connectivity index is 1.69. The standard InChI is InChI=1S/C20H24N4O3S/c1-3-13-24-14-16(19-5-4-11-21-20(19)24)10-12-22-28(26,27)18-8-6-17(7-9-18)23-15(2)25/h4-9,11,14,22H,3,10,12-13H2,1-2H3,(H,23,25). The quantitative estimate of drug-likeness (QED) is 0.608. The Labute approximate surface area is 164 Å². The molecule has 0 spiro atoms. The number of carbonyl (C=O) groups is 1. The molecule has 0 unspecified atom stereocenters. The Kier molecular flexibility index (Phi) is 6.11. The van der Waals surface area contributed by atoms with E-state index in [-0.39, 0.29) is 17.3 Å².